The zero-order chi connectivity index (χ0) is 25.2. The number of aliphatic hydroxyl groups is 1. The standard InChI is InChI=1S/C26H31Cl2N7O/c1-15-6-8-18(9-7-15)35-24-22(14-30-25(34-24)31-17-4-2-3-5-19(36)12-17)32-26(35)33-23-20(27)10-16(13-29)11-21(23)28/h10-11,14-15,17-19,36H,2-9,12H2,1H3,(H,32,33)(H,30,31,34)/t15?,17-,18?,19-/m0/s1. The summed E-state index contributed by atoms with van der Waals surface area (Å²) in [5.74, 6) is 1.85. The molecule has 5 rings (SSSR count). The molecule has 1 aromatic carbocycles. The second kappa shape index (κ2) is 10.8. The van der Waals surface area contributed by atoms with Gasteiger partial charge in [-0.2, -0.15) is 10.2 Å². The molecule has 0 spiro atoms. The molecule has 36 heavy (non-hydrogen) atoms. The first-order chi connectivity index (χ1) is 17.4. The SMILES string of the molecule is CC1CCC(n2c(Nc3c(Cl)cc(C#N)cc3Cl)nc3cnc(N[C@H]4CCCC[C@H](O)C4)nc32)CC1. The number of aliphatic hydroxyl groups excluding tert-OH is 1. The minimum atomic E-state index is -0.291. The predicted molar refractivity (Wildman–Crippen MR) is 143 cm³/mol. The highest BCUT2D eigenvalue weighted by Gasteiger charge is 2.27. The minimum Gasteiger partial charge on any atom is -0.393 e. The fourth-order valence-electron chi connectivity index (χ4n) is 5.41. The van der Waals surface area contributed by atoms with Gasteiger partial charge in [-0.3, -0.25) is 4.57 Å². The third kappa shape index (κ3) is 5.39. The normalized spacial score (nSPS) is 24.8. The molecule has 0 bridgehead atoms. The molecule has 0 unspecified atom stereocenters. The van der Waals surface area contributed by atoms with Gasteiger partial charge in [-0.25, -0.2) is 9.97 Å². The van der Waals surface area contributed by atoms with Crippen molar-refractivity contribution in [2.75, 3.05) is 10.6 Å². The average Bonchev–Trinajstić information content (AvgIpc) is 3.08. The second-order valence-corrected chi connectivity index (χ2v) is 11.0. The van der Waals surface area contributed by atoms with Gasteiger partial charge in [-0.15, -0.1) is 0 Å². The smallest absolute Gasteiger partial charge is 0.224 e. The van der Waals surface area contributed by atoms with Crippen LogP contribution in [0, 0.1) is 17.2 Å². The van der Waals surface area contributed by atoms with Gasteiger partial charge in [0.05, 0.1) is 39.7 Å². The molecule has 190 valence electrons. The zero-order valence-electron chi connectivity index (χ0n) is 20.3. The van der Waals surface area contributed by atoms with Gasteiger partial charge in [0.15, 0.2) is 5.65 Å². The van der Waals surface area contributed by atoms with Crippen LogP contribution in [0.3, 0.4) is 0 Å². The maximum atomic E-state index is 10.2. The number of rotatable bonds is 5. The van der Waals surface area contributed by atoms with E-state index >= 15 is 0 Å². The summed E-state index contributed by atoms with van der Waals surface area (Å²) in [6, 6.07) is 5.63. The van der Waals surface area contributed by atoms with Gasteiger partial charge in [0.25, 0.3) is 0 Å². The summed E-state index contributed by atoms with van der Waals surface area (Å²) in [5, 5.41) is 27.0. The molecule has 2 aliphatic rings. The number of nitrogens with one attached hydrogen (secondary N) is 2. The number of hydrogen-bond donors (Lipinski definition) is 3. The fourth-order valence-corrected chi connectivity index (χ4v) is 5.99. The lowest BCUT2D eigenvalue weighted by molar-refractivity contribution is 0.154. The molecule has 0 saturated heterocycles. The van der Waals surface area contributed by atoms with E-state index in [1.54, 1.807) is 18.3 Å². The van der Waals surface area contributed by atoms with Crippen molar-refractivity contribution < 1.29 is 5.11 Å². The molecule has 2 saturated carbocycles. The van der Waals surface area contributed by atoms with Crippen molar-refractivity contribution in [3.63, 3.8) is 0 Å². The summed E-state index contributed by atoms with van der Waals surface area (Å²) in [4.78, 5) is 14.3. The lowest BCUT2D eigenvalue weighted by atomic mass is 9.87. The Morgan fingerprint density at radius 3 is 2.50 bits per heavy atom. The van der Waals surface area contributed by atoms with E-state index in [9.17, 15) is 10.4 Å². The van der Waals surface area contributed by atoms with E-state index in [1.807, 2.05) is 0 Å². The molecule has 0 amide bonds. The van der Waals surface area contributed by atoms with E-state index in [2.05, 4.69) is 33.2 Å². The van der Waals surface area contributed by atoms with Crippen molar-refractivity contribution in [3.05, 3.63) is 33.9 Å². The molecule has 10 heteroatoms. The summed E-state index contributed by atoms with van der Waals surface area (Å²) in [7, 11) is 0. The fraction of sp³-hybridized carbons (Fsp3) is 0.538. The van der Waals surface area contributed by atoms with Gasteiger partial charge >= 0.3 is 0 Å². The first-order valence-electron chi connectivity index (χ1n) is 12.8. The molecule has 3 N–H and O–H groups in total. The van der Waals surface area contributed by atoms with Gasteiger partial charge in [0, 0.05) is 12.1 Å². The van der Waals surface area contributed by atoms with E-state index in [4.69, 9.17) is 33.2 Å². The number of benzene rings is 1. The minimum absolute atomic E-state index is 0.140. The predicted octanol–water partition coefficient (Wildman–Crippen LogP) is 6.61. The Morgan fingerprint density at radius 2 is 1.78 bits per heavy atom. The molecule has 2 aliphatic carbocycles. The van der Waals surface area contributed by atoms with Crippen LogP contribution < -0.4 is 10.6 Å². The highest BCUT2D eigenvalue weighted by Crippen LogP contribution is 2.39. The molecule has 2 aromatic heterocycles. The van der Waals surface area contributed by atoms with Crippen molar-refractivity contribution in [1.29, 1.82) is 5.26 Å². The largest absolute Gasteiger partial charge is 0.393 e. The first kappa shape index (κ1) is 25.1. The lowest BCUT2D eigenvalue weighted by Gasteiger charge is -2.29. The van der Waals surface area contributed by atoms with Crippen molar-refractivity contribution in [1.82, 2.24) is 19.5 Å². The molecular weight excluding hydrogens is 497 g/mol. The molecule has 0 aliphatic heterocycles. The molecular formula is C26H31Cl2N7O. The van der Waals surface area contributed by atoms with E-state index in [-0.39, 0.29) is 18.2 Å². The maximum absolute atomic E-state index is 10.2. The number of nitrogens with zero attached hydrogens (tertiary/aromatic N) is 5. The maximum Gasteiger partial charge on any atom is 0.224 e. The quantitative estimate of drug-likeness (QED) is 0.320. The van der Waals surface area contributed by atoms with Crippen molar-refractivity contribution in [2.45, 2.75) is 82.9 Å². The topological polar surface area (TPSA) is 112 Å². The first-order valence-corrected chi connectivity index (χ1v) is 13.5. The molecule has 2 heterocycles. The number of imidazole rings is 1. The van der Waals surface area contributed by atoms with Crippen LogP contribution in [-0.2, 0) is 0 Å². The van der Waals surface area contributed by atoms with Crippen molar-refractivity contribution in [3.8, 4) is 6.07 Å². The summed E-state index contributed by atoms with van der Waals surface area (Å²) in [6.07, 6.45) is 10.4. The van der Waals surface area contributed by atoms with Crippen LogP contribution in [0.15, 0.2) is 18.3 Å². The third-order valence-electron chi connectivity index (χ3n) is 7.42. The molecule has 3 aromatic rings. The zero-order valence-corrected chi connectivity index (χ0v) is 21.9. The molecule has 2 fully saturated rings. The number of halogens is 2. The Bertz CT molecular complexity index is 1260. The highest BCUT2D eigenvalue weighted by atomic mass is 35.5. The second-order valence-electron chi connectivity index (χ2n) is 10.2. The number of nitriles is 1. The Hall–Kier alpha value is -2.60. The van der Waals surface area contributed by atoms with Crippen LogP contribution in [0.25, 0.3) is 11.2 Å². The van der Waals surface area contributed by atoms with Gasteiger partial charge in [-0.1, -0.05) is 43.0 Å². The number of hydrogen-bond acceptors (Lipinski definition) is 7. The van der Waals surface area contributed by atoms with Crippen LogP contribution in [0.1, 0.15) is 76.3 Å². The molecule has 2 atom stereocenters. The molecule has 0 radical (unpaired) electrons. The summed E-state index contributed by atoms with van der Waals surface area (Å²) in [5.41, 5.74) is 2.35. The van der Waals surface area contributed by atoms with Crippen LogP contribution in [0.2, 0.25) is 10.0 Å². The van der Waals surface area contributed by atoms with Gasteiger partial charge in [0.2, 0.25) is 11.9 Å². The Balaban J connectivity index is 1.52. The summed E-state index contributed by atoms with van der Waals surface area (Å²) < 4.78 is 2.15. The van der Waals surface area contributed by atoms with Gasteiger partial charge < -0.3 is 15.7 Å². The number of aromatic nitrogens is 4. The Kier molecular flexibility index (Phi) is 7.52. The Morgan fingerprint density at radius 1 is 1.06 bits per heavy atom. The van der Waals surface area contributed by atoms with Crippen LogP contribution >= 0.6 is 23.2 Å². The lowest BCUT2D eigenvalue weighted by Crippen LogP contribution is -2.24. The molecule has 8 nitrogen and oxygen atoms in total. The van der Waals surface area contributed by atoms with E-state index in [0.29, 0.717) is 51.0 Å². The Labute approximate surface area is 221 Å². The van der Waals surface area contributed by atoms with Gasteiger partial charge in [-0.05, 0) is 63.0 Å². The van der Waals surface area contributed by atoms with E-state index in [1.165, 1.54) is 0 Å². The summed E-state index contributed by atoms with van der Waals surface area (Å²) >= 11 is 13.0. The van der Waals surface area contributed by atoms with E-state index in [0.717, 1.165) is 57.0 Å². The van der Waals surface area contributed by atoms with Crippen molar-refractivity contribution in [2.24, 2.45) is 5.92 Å². The monoisotopic (exact) mass is 527 g/mol. The van der Waals surface area contributed by atoms with Crippen LogP contribution in [-0.4, -0.2) is 36.8 Å². The van der Waals surface area contributed by atoms with E-state index < -0.39 is 0 Å². The third-order valence-corrected chi connectivity index (χ3v) is 8.02. The number of anilines is 3. The average molecular weight is 528 g/mol. The van der Waals surface area contributed by atoms with Gasteiger partial charge in [0.1, 0.15) is 5.52 Å². The number of fused-ring (bicyclic) bond motifs is 1. The summed E-state index contributed by atoms with van der Waals surface area (Å²) in [6.45, 7) is 2.29. The van der Waals surface area contributed by atoms with Crippen LogP contribution in [0.5, 0.6) is 0 Å². The van der Waals surface area contributed by atoms with Crippen LogP contribution in [0.4, 0.5) is 17.6 Å². The van der Waals surface area contributed by atoms with Crippen molar-refractivity contribution >= 4 is 51.9 Å². The highest BCUT2D eigenvalue weighted by molar-refractivity contribution is 6.39.